The van der Waals surface area contributed by atoms with Gasteiger partial charge in [-0.15, -0.1) is 0 Å². The van der Waals surface area contributed by atoms with Crippen molar-refractivity contribution in [3.8, 4) is 11.8 Å². The van der Waals surface area contributed by atoms with E-state index in [1.165, 1.54) is 42.7 Å². The molecule has 1 aromatic heterocycles. The van der Waals surface area contributed by atoms with Gasteiger partial charge in [-0.05, 0) is 42.0 Å². The highest BCUT2D eigenvalue weighted by Crippen LogP contribution is 2.18. The second-order valence-electron chi connectivity index (χ2n) is 6.20. The van der Waals surface area contributed by atoms with Crippen molar-refractivity contribution in [2.45, 2.75) is 6.54 Å². The van der Waals surface area contributed by atoms with Crippen molar-refractivity contribution in [1.82, 2.24) is 5.32 Å². The molecule has 0 aliphatic rings. The number of nitro groups is 1. The molecule has 0 atom stereocenters. The number of ether oxygens (including phenoxy) is 1. The van der Waals surface area contributed by atoms with Gasteiger partial charge in [-0.25, -0.2) is 4.79 Å². The largest absolute Gasteiger partial charge is 0.467 e. The van der Waals surface area contributed by atoms with Crippen LogP contribution in [0, 0.1) is 21.4 Å². The number of nitro benzene ring substituents is 1. The SMILES string of the molecule is N#C/C(=C\c1ccc(OC(=O)c2cccc([N+](=O)[O-])c2)cc1)C(=O)NCc1ccco1. The van der Waals surface area contributed by atoms with Crippen LogP contribution in [-0.4, -0.2) is 16.8 Å². The smallest absolute Gasteiger partial charge is 0.343 e. The number of hydrogen-bond acceptors (Lipinski definition) is 7. The minimum atomic E-state index is -0.748. The fourth-order valence-electron chi connectivity index (χ4n) is 2.54. The molecule has 9 nitrogen and oxygen atoms in total. The van der Waals surface area contributed by atoms with E-state index < -0.39 is 16.8 Å². The first-order valence-corrected chi connectivity index (χ1v) is 8.95. The van der Waals surface area contributed by atoms with E-state index in [1.54, 1.807) is 24.3 Å². The minimum absolute atomic E-state index is 0.0400. The van der Waals surface area contributed by atoms with Gasteiger partial charge in [0.05, 0.1) is 23.3 Å². The van der Waals surface area contributed by atoms with Crippen LogP contribution in [0.2, 0.25) is 0 Å². The summed E-state index contributed by atoms with van der Waals surface area (Å²) < 4.78 is 10.3. The molecular formula is C22H15N3O6. The lowest BCUT2D eigenvalue weighted by molar-refractivity contribution is -0.384. The normalized spacial score (nSPS) is 10.7. The number of benzene rings is 2. The topological polar surface area (TPSA) is 135 Å². The predicted octanol–water partition coefficient (Wildman–Crippen LogP) is 3.63. The third-order valence-corrected chi connectivity index (χ3v) is 4.06. The molecule has 1 amide bonds. The molecule has 0 bridgehead atoms. The van der Waals surface area contributed by atoms with Gasteiger partial charge in [0, 0.05) is 12.1 Å². The van der Waals surface area contributed by atoms with Gasteiger partial charge in [-0.2, -0.15) is 5.26 Å². The number of rotatable bonds is 7. The number of nitrogens with one attached hydrogen (secondary N) is 1. The zero-order valence-corrected chi connectivity index (χ0v) is 16.0. The monoisotopic (exact) mass is 417 g/mol. The molecule has 0 radical (unpaired) electrons. The molecule has 9 heteroatoms. The number of carbonyl (C=O) groups excluding carboxylic acids is 2. The van der Waals surface area contributed by atoms with E-state index in [-0.39, 0.29) is 29.1 Å². The molecule has 154 valence electrons. The Bertz CT molecular complexity index is 1170. The summed E-state index contributed by atoms with van der Waals surface area (Å²) in [6.07, 6.45) is 2.87. The first-order chi connectivity index (χ1) is 15.0. The third-order valence-electron chi connectivity index (χ3n) is 4.06. The van der Waals surface area contributed by atoms with Crippen molar-refractivity contribution in [1.29, 1.82) is 5.26 Å². The maximum Gasteiger partial charge on any atom is 0.343 e. The Morgan fingerprint density at radius 3 is 2.58 bits per heavy atom. The van der Waals surface area contributed by atoms with E-state index in [2.05, 4.69) is 5.32 Å². The van der Waals surface area contributed by atoms with Crippen LogP contribution in [0.4, 0.5) is 5.69 Å². The molecule has 0 aliphatic carbocycles. The molecule has 0 fully saturated rings. The summed E-state index contributed by atoms with van der Waals surface area (Å²) in [5, 5.41) is 22.7. The van der Waals surface area contributed by atoms with Crippen molar-refractivity contribution >= 4 is 23.6 Å². The summed E-state index contributed by atoms with van der Waals surface area (Å²) in [7, 11) is 0. The van der Waals surface area contributed by atoms with Crippen LogP contribution in [0.5, 0.6) is 5.75 Å². The van der Waals surface area contributed by atoms with Crippen LogP contribution in [0.3, 0.4) is 0 Å². The number of non-ortho nitro benzene ring substituents is 1. The molecule has 0 unspecified atom stereocenters. The number of nitrogens with zero attached hydrogens (tertiary/aromatic N) is 2. The highest BCUT2D eigenvalue weighted by Gasteiger charge is 2.14. The Morgan fingerprint density at radius 2 is 1.94 bits per heavy atom. The zero-order chi connectivity index (χ0) is 22.2. The number of amides is 1. The maximum absolute atomic E-state index is 12.2. The molecule has 1 heterocycles. The lowest BCUT2D eigenvalue weighted by Gasteiger charge is -2.05. The minimum Gasteiger partial charge on any atom is -0.467 e. The Hall–Kier alpha value is -4.71. The average molecular weight is 417 g/mol. The molecule has 0 saturated carbocycles. The van der Waals surface area contributed by atoms with Crippen molar-refractivity contribution in [3.63, 3.8) is 0 Å². The second kappa shape index (κ2) is 9.67. The van der Waals surface area contributed by atoms with Crippen molar-refractivity contribution in [2.75, 3.05) is 0 Å². The van der Waals surface area contributed by atoms with Gasteiger partial charge < -0.3 is 14.5 Å². The van der Waals surface area contributed by atoms with E-state index >= 15 is 0 Å². The van der Waals surface area contributed by atoms with Crippen LogP contribution in [-0.2, 0) is 11.3 Å². The van der Waals surface area contributed by atoms with Crippen LogP contribution in [0.15, 0.2) is 76.9 Å². The lowest BCUT2D eigenvalue weighted by Crippen LogP contribution is -2.23. The van der Waals surface area contributed by atoms with Gasteiger partial charge >= 0.3 is 5.97 Å². The predicted molar refractivity (Wildman–Crippen MR) is 109 cm³/mol. The summed E-state index contributed by atoms with van der Waals surface area (Å²) in [4.78, 5) is 34.6. The Labute approximate surface area is 176 Å². The first-order valence-electron chi connectivity index (χ1n) is 8.95. The van der Waals surface area contributed by atoms with Crippen LogP contribution in [0.1, 0.15) is 21.7 Å². The van der Waals surface area contributed by atoms with Gasteiger partial charge in [-0.1, -0.05) is 18.2 Å². The van der Waals surface area contributed by atoms with E-state index in [0.717, 1.165) is 6.07 Å². The molecule has 3 aromatic rings. The van der Waals surface area contributed by atoms with Gasteiger partial charge in [0.1, 0.15) is 23.2 Å². The average Bonchev–Trinajstić information content (AvgIpc) is 3.30. The fourth-order valence-corrected chi connectivity index (χ4v) is 2.54. The molecule has 2 aromatic carbocycles. The molecule has 31 heavy (non-hydrogen) atoms. The highest BCUT2D eigenvalue weighted by atomic mass is 16.6. The number of nitriles is 1. The Kier molecular flexibility index (Phi) is 6.55. The van der Waals surface area contributed by atoms with E-state index in [1.807, 2.05) is 6.07 Å². The third kappa shape index (κ3) is 5.65. The Morgan fingerprint density at radius 1 is 1.16 bits per heavy atom. The van der Waals surface area contributed by atoms with E-state index in [0.29, 0.717) is 11.3 Å². The summed E-state index contributed by atoms with van der Waals surface area (Å²) in [6.45, 7) is 0.150. The van der Waals surface area contributed by atoms with E-state index in [4.69, 9.17) is 9.15 Å². The molecular weight excluding hydrogens is 402 g/mol. The van der Waals surface area contributed by atoms with Gasteiger partial charge in [0.15, 0.2) is 0 Å². The van der Waals surface area contributed by atoms with Crippen LogP contribution >= 0.6 is 0 Å². The van der Waals surface area contributed by atoms with Gasteiger partial charge in [0.2, 0.25) is 0 Å². The summed E-state index contributed by atoms with van der Waals surface area (Å²) in [5.74, 6) is -0.544. The van der Waals surface area contributed by atoms with Crippen molar-refractivity contribution in [2.24, 2.45) is 0 Å². The zero-order valence-electron chi connectivity index (χ0n) is 16.0. The van der Waals surface area contributed by atoms with Gasteiger partial charge in [0.25, 0.3) is 11.6 Å². The maximum atomic E-state index is 12.2. The fraction of sp³-hybridized carbons (Fsp3) is 0.0455. The summed E-state index contributed by atoms with van der Waals surface area (Å²) in [6, 6.07) is 16.5. The van der Waals surface area contributed by atoms with Crippen LogP contribution < -0.4 is 10.1 Å². The summed E-state index contributed by atoms with van der Waals surface area (Å²) >= 11 is 0. The number of carbonyl (C=O) groups is 2. The van der Waals surface area contributed by atoms with Crippen molar-refractivity contribution < 1.29 is 23.7 Å². The van der Waals surface area contributed by atoms with Gasteiger partial charge in [-0.3, -0.25) is 14.9 Å². The number of esters is 1. The number of hydrogen-bond donors (Lipinski definition) is 1. The number of furan rings is 1. The first kappa shape index (κ1) is 21.0. The molecule has 0 aliphatic heterocycles. The van der Waals surface area contributed by atoms with Crippen molar-refractivity contribution in [3.05, 3.63) is 99.5 Å². The molecule has 1 N–H and O–H groups in total. The molecule has 0 spiro atoms. The second-order valence-corrected chi connectivity index (χ2v) is 6.20. The standard InChI is InChI=1S/C22H15N3O6/c23-13-17(21(26)24-14-20-5-2-10-30-20)11-15-6-8-19(9-7-15)31-22(27)16-3-1-4-18(12-16)25(28)29/h1-12H,14H2,(H,24,26)/b17-11+. The lowest BCUT2D eigenvalue weighted by atomic mass is 10.1. The quantitative estimate of drug-likeness (QED) is 0.155. The van der Waals surface area contributed by atoms with Crippen LogP contribution in [0.25, 0.3) is 6.08 Å². The Balaban J connectivity index is 1.65. The van der Waals surface area contributed by atoms with E-state index in [9.17, 15) is 25.0 Å². The molecule has 3 rings (SSSR count). The highest BCUT2D eigenvalue weighted by molar-refractivity contribution is 6.01. The molecule has 0 saturated heterocycles. The summed E-state index contributed by atoms with van der Waals surface area (Å²) in [5.41, 5.74) is 0.259.